The van der Waals surface area contributed by atoms with E-state index in [9.17, 15) is 9.59 Å². The highest BCUT2D eigenvalue weighted by atomic mass is 35.5. The number of halogens is 1. The number of hydrogen-bond donors (Lipinski definition) is 0. The number of nitrogens with zero attached hydrogens (tertiary/aromatic N) is 5. The minimum Gasteiger partial charge on any atom is -0.497 e. The van der Waals surface area contributed by atoms with E-state index in [0.717, 1.165) is 25.9 Å². The highest BCUT2D eigenvalue weighted by molar-refractivity contribution is 6.31. The SMILES string of the molecule is COc1ccc(C(=O)Cn2nc(N3CCCCCC3)n3c4ccc(Cl)cc4c(=O)nc23)cc1. The molecule has 0 bridgehead atoms. The van der Waals surface area contributed by atoms with Gasteiger partial charge in [-0.05, 0) is 55.3 Å². The van der Waals surface area contributed by atoms with Crippen LogP contribution in [0.3, 0.4) is 0 Å². The van der Waals surface area contributed by atoms with Crippen LogP contribution in [0.5, 0.6) is 5.75 Å². The van der Waals surface area contributed by atoms with Crippen LogP contribution in [0.1, 0.15) is 36.0 Å². The fourth-order valence-electron chi connectivity index (χ4n) is 4.34. The van der Waals surface area contributed by atoms with Gasteiger partial charge >= 0.3 is 0 Å². The lowest BCUT2D eigenvalue weighted by Gasteiger charge is -2.20. The molecule has 3 heterocycles. The molecular formula is C24H24ClN5O3. The quantitative estimate of drug-likeness (QED) is 0.415. The van der Waals surface area contributed by atoms with Crippen molar-refractivity contribution in [1.29, 1.82) is 0 Å². The largest absolute Gasteiger partial charge is 0.497 e. The summed E-state index contributed by atoms with van der Waals surface area (Å²) in [5.41, 5.74) is 0.820. The fraction of sp³-hybridized carbons (Fsp3) is 0.333. The third-order valence-corrected chi connectivity index (χ3v) is 6.30. The summed E-state index contributed by atoms with van der Waals surface area (Å²) in [4.78, 5) is 32.4. The summed E-state index contributed by atoms with van der Waals surface area (Å²) in [6, 6.07) is 12.1. The number of anilines is 1. The average molecular weight is 466 g/mol. The number of ether oxygens (including phenoxy) is 1. The number of carbonyl (C=O) groups is 1. The lowest BCUT2D eigenvalue weighted by molar-refractivity contribution is 0.0969. The van der Waals surface area contributed by atoms with Crippen LogP contribution in [0.15, 0.2) is 47.3 Å². The van der Waals surface area contributed by atoms with Gasteiger partial charge in [-0.25, -0.2) is 9.08 Å². The fourth-order valence-corrected chi connectivity index (χ4v) is 4.51. The summed E-state index contributed by atoms with van der Waals surface area (Å²) in [5, 5.41) is 5.69. The van der Waals surface area contributed by atoms with E-state index in [0.29, 0.717) is 39.0 Å². The zero-order valence-corrected chi connectivity index (χ0v) is 19.1. The van der Waals surface area contributed by atoms with Crippen LogP contribution in [0, 0.1) is 0 Å². The Bertz CT molecular complexity index is 1390. The van der Waals surface area contributed by atoms with Gasteiger partial charge in [-0.3, -0.25) is 9.59 Å². The Labute approximate surface area is 195 Å². The lowest BCUT2D eigenvalue weighted by atomic mass is 10.1. The van der Waals surface area contributed by atoms with Crippen molar-refractivity contribution in [3.8, 4) is 5.75 Å². The van der Waals surface area contributed by atoms with Crippen LogP contribution in [0.4, 0.5) is 5.95 Å². The van der Waals surface area contributed by atoms with E-state index < -0.39 is 5.56 Å². The van der Waals surface area contributed by atoms with Crippen LogP contribution >= 0.6 is 11.6 Å². The standard InChI is InChI=1S/C24H24ClN5O3/c1-33-18-9-6-16(7-10-18)21(31)15-29-23-26-22(32)19-14-17(25)8-11-20(19)30(23)24(27-29)28-12-4-2-3-5-13-28/h6-11,14H,2-5,12-13,15H2,1H3. The van der Waals surface area contributed by atoms with E-state index >= 15 is 0 Å². The van der Waals surface area contributed by atoms with Crippen molar-refractivity contribution in [3.05, 3.63) is 63.4 Å². The summed E-state index contributed by atoms with van der Waals surface area (Å²) in [6.45, 7) is 1.69. The van der Waals surface area contributed by atoms with Crippen molar-refractivity contribution >= 4 is 40.0 Å². The highest BCUT2D eigenvalue weighted by Gasteiger charge is 2.23. The Morgan fingerprint density at radius 1 is 1.06 bits per heavy atom. The second-order valence-electron chi connectivity index (χ2n) is 8.22. The number of fused-ring (bicyclic) bond motifs is 3. The molecule has 4 aromatic rings. The Balaban J connectivity index is 1.65. The predicted octanol–water partition coefficient (Wildman–Crippen LogP) is 3.97. The van der Waals surface area contributed by atoms with Crippen molar-refractivity contribution in [3.63, 3.8) is 0 Å². The minimum absolute atomic E-state index is 0.0325. The van der Waals surface area contributed by atoms with Gasteiger partial charge < -0.3 is 9.64 Å². The molecule has 9 heteroatoms. The van der Waals surface area contributed by atoms with E-state index in [-0.39, 0.29) is 12.3 Å². The van der Waals surface area contributed by atoms with Crippen molar-refractivity contribution in [2.75, 3.05) is 25.1 Å². The molecule has 170 valence electrons. The number of rotatable bonds is 5. The minimum atomic E-state index is -0.395. The highest BCUT2D eigenvalue weighted by Crippen LogP contribution is 2.25. The maximum atomic E-state index is 13.0. The predicted molar refractivity (Wildman–Crippen MR) is 128 cm³/mol. The number of Topliss-reactive ketones (excluding diaryl/α,β-unsaturated/α-hetero) is 1. The Kier molecular flexibility index (Phi) is 5.76. The van der Waals surface area contributed by atoms with Crippen molar-refractivity contribution in [1.82, 2.24) is 19.2 Å². The third kappa shape index (κ3) is 4.06. The molecule has 0 spiro atoms. The molecule has 1 aliphatic rings. The number of aromatic nitrogens is 4. The number of methoxy groups -OCH3 is 1. The Morgan fingerprint density at radius 2 is 1.79 bits per heavy atom. The molecule has 33 heavy (non-hydrogen) atoms. The molecule has 0 amide bonds. The number of benzene rings is 2. The van der Waals surface area contributed by atoms with Crippen LogP contribution in [0.25, 0.3) is 16.7 Å². The zero-order valence-electron chi connectivity index (χ0n) is 18.3. The summed E-state index contributed by atoms with van der Waals surface area (Å²) in [5.74, 6) is 1.58. The Hall–Kier alpha value is -3.39. The number of hydrogen-bond acceptors (Lipinski definition) is 6. The molecule has 5 rings (SSSR count). The molecule has 0 atom stereocenters. The van der Waals surface area contributed by atoms with Crippen LogP contribution in [0.2, 0.25) is 5.02 Å². The third-order valence-electron chi connectivity index (χ3n) is 6.07. The van der Waals surface area contributed by atoms with Crippen LogP contribution < -0.4 is 15.2 Å². The van der Waals surface area contributed by atoms with Crippen LogP contribution in [-0.2, 0) is 6.54 Å². The summed E-state index contributed by atoms with van der Waals surface area (Å²) < 4.78 is 8.58. The molecule has 0 N–H and O–H groups in total. The normalized spacial score (nSPS) is 14.5. The number of ketones is 1. The summed E-state index contributed by atoms with van der Waals surface area (Å²) in [7, 11) is 1.58. The Morgan fingerprint density at radius 3 is 2.48 bits per heavy atom. The van der Waals surface area contributed by atoms with Gasteiger partial charge in [-0.1, -0.05) is 24.4 Å². The van der Waals surface area contributed by atoms with Crippen molar-refractivity contribution in [2.45, 2.75) is 32.2 Å². The van der Waals surface area contributed by atoms with Gasteiger partial charge in [0.2, 0.25) is 11.7 Å². The van der Waals surface area contributed by atoms with E-state index in [1.807, 2.05) is 10.5 Å². The van der Waals surface area contributed by atoms with E-state index in [1.165, 1.54) is 17.5 Å². The molecular weight excluding hydrogens is 442 g/mol. The smallest absolute Gasteiger partial charge is 0.282 e. The lowest BCUT2D eigenvalue weighted by Crippen LogP contribution is -2.26. The maximum Gasteiger partial charge on any atom is 0.282 e. The zero-order chi connectivity index (χ0) is 22.9. The summed E-state index contributed by atoms with van der Waals surface area (Å²) in [6.07, 6.45) is 4.48. The molecule has 1 fully saturated rings. The molecule has 0 saturated carbocycles. The first-order valence-corrected chi connectivity index (χ1v) is 11.4. The molecule has 2 aromatic heterocycles. The molecule has 8 nitrogen and oxygen atoms in total. The van der Waals surface area contributed by atoms with E-state index in [2.05, 4.69) is 9.88 Å². The van der Waals surface area contributed by atoms with Gasteiger partial charge in [0.25, 0.3) is 5.56 Å². The first-order chi connectivity index (χ1) is 16.0. The topological polar surface area (TPSA) is 81.7 Å². The second kappa shape index (κ2) is 8.86. The van der Waals surface area contributed by atoms with E-state index in [4.69, 9.17) is 21.4 Å². The molecule has 0 unspecified atom stereocenters. The summed E-state index contributed by atoms with van der Waals surface area (Å²) >= 11 is 6.15. The first kappa shape index (κ1) is 21.5. The van der Waals surface area contributed by atoms with Crippen molar-refractivity contribution in [2.24, 2.45) is 0 Å². The molecule has 1 aliphatic heterocycles. The van der Waals surface area contributed by atoms with Crippen molar-refractivity contribution < 1.29 is 9.53 Å². The molecule has 0 radical (unpaired) electrons. The van der Waals surface area contributed by atoms with Gasteiger partial charge in [0, 0.05) is 23.7 Å². The molecule has 2 aromatic carbocycles. The van der Waals surface area contributed by atoms with Gasteiger partial charge in [0.1, 0.15) is 12.3 Å². The number of carbonyl (C=O) groups excluding carboxylic acids is 1. The second-order valence-corrected chi connectivity index (χ2v) is 8.66. The van der Waals surface area contributed by atoms with Gasteiger partial charge in [0.15, 0.2) is 5.78 Å². The van der Waals surface area contributed by atoms with Gasteiger partial charge in [-0.15, -0.1) is 5.10 Å². The molecule has 1 saturated heterocycles. The van der Waals surface area contributed by atoms with Gasteiger partial charge in [-0.2, -0.15) is 4.98 Å². The average Bonchev–Trinajstić information content (AvgIpc) is 3.00. The molecule has 0 aliphatic carbocycles. The monoisotopic (exact) mass is 465 g/mol. The van der Waals surface area contributed by atoms with Crippen LogP contribution in [-0.4, -0.2) is 45.1 Å². The first-order valence-electron chi connectivity index (χ1n) is 11.1. The maximum absolute atomic E-state index is 13.0. The van der Waals surface area contributed by atoms with Gasteiger partial charge in [0.05, 0.1) is 18.0 Å². The van der Waals surface area contributed by atoms with E-state index in [1.54, 1.807) is 43.5 Å².